The molecule has 0 aliphatic carbocycles. The van der Waals surface area contributed by atoms with Gasteiger partial charge in [-0.3, -0.25) is 10.0 Å². The molecule has 1 aromatic rings. The lowest BCUT2D eigenvalue weighted by atomic mass is 10.4. The summed E-state index contributed by atoms with van der Waals surface area (Å²) >= 11 is 0. The van der Waals surface area contributed by atoms with Crippen molar-refractivity contribution in [3.05, 3.63) is 12.3 Å². The van der Waals surface area contributed by atoms with Gasteiger partial charge < -0.3 is 15.3 Å². The molecule has 0 aromatic carbocycles. The number of aromatic nitrogens is 2. The summed E-state index contributed by atoms with van der Waals surface area (Å²) in [5.74, 6) is 3.07. The Bertz CT molecular complexity index is 469. The maximum absolute atomic E-state index is 4.84. The first-order chi connectivity index (χ1) is 9.92. The van der Waals surface area contributed by atoms with E-state index >= 15 is 0 Å². The van der Waals surface area contributed by atoms with E-state index in [1.807, 2.05) is 6.20 Å². The van der Waals surface area contributed by atoms with Crippen LogP contribution < -0.4 is 25.8 Å². The highest BCUT2D eigenvalue weighted by Crippen LogP contribution is 2.32. The number of imidazole rings is 1. The van der Waals surface area contributed by atoms with Gasteiger partial charge in [0.05, 0.1) is 6.54 Å². The molecule has 3 N–H and O–H groups in total. The van der Waals surface area contributed by atoms with Crippen LogP contribution in [-0.4, -0.2) is 42.7 Å². The van der Waals surface area contributed by atoms with Crippen LogP contribution in [0.4, 0.5) is 17.6 Å². The summed E-state index contributed by atoms with van der Waals surface area (Å²) in [5.41, 5.74) is 6.62. The van der Waals surface area contributed by atoms with Crippen LogP contribution in [0.15, 0.2) is 12.3 Å². The van der Waals surface area contributed by atoms with Gasteiger partial charge >= 0.3 is 0 Å². The number of nitrogens with zero attached hydrogens (tertiary/aromatic N) is 4. The minimum atomic E-state index is 0.871. The molecule has 4 rings (SSSR count). The first kappa shape index (κ1) is 11.9. The van der Waals surface area contributed by atoms with Crippen LogP contribution in [0.5, 0.6) is 0 Å². The summed E-state index contributed by atoms with van der Waals surface area (Å²) in [6.45, 7) is 5.12. The summed E-state index contributed by atoms with van der Waals surface area (Å²) in [7, 11) is 0. The number of nitrogens with one attached hydrogen (secondary N) is 3. The maximum Gasteiger partial charge on any atom is 0.221 e. The molecule has 0 saturated carbocycles. The quantitative estimate of drug-likeness (QED) is 0.749. The molecule has 0 unspecified atom stereocenters. The van der Waals surface area contributed by atoms with Gasteiger partial charge in [0.1, 0.15) is 0 Å². The third kappa shape index (κ3) is 1.98. The van der Waals surface area contributed by atoms with Crippen molar-refractivity contribution in [3.8, 4) is 0 Å². The van der Waals surface area contributed by atoms with Crippen LogP contribution in [0.2, 0.25) is 0 Å². The Morgan fingerprint density at radius 1 is 1.05 bits per heavy atom. The third-order valence-electron chi connectivity index (χ3n) is 4.08. The van der Waals surface area contributed by atoms with E-state index in [4.69, 9.17) is 4.98 Å². The first-order valence-corrected chi connectivity index (χ1v) is 7.46. The van der Waals surface area contributed by atoms with E-state index in [-0.39, 0.29) is 0 Å². The molecule has 7 heteroatoms. The van der Waals surface area contributed by atoms with Crippen molar-refractivity contribution in [2.24, 2.45) is 0 Å². The van der Waals surface area contributed by atoms with Gasteiger partial charge in [0.25, 0.3) is 0 Å². The van der Waals surface area contributed by atoms with Crippen LogP contribution in [-0.2, 0) is 0 Å². The standard InChI is InChI=1S/C13H21N7/c1-2-8-18(7-1)11-12(19-9-3-5-14-19)17-13(16-11)20-10-4-6-15-20/h3,5,14-15H,1-2,4,6-10H2,(H,16,17). The smallest absolute Gasteiger partial charge is 0.221 e. The molecule has 0 radical (unpaired) electrons. The number of hydrazine groups is 2. The van der Waals surface area contributed by atoms with E-state index in [2.05, 4.69) is 36.8 Å². The van der Waals surface area contributed by atoms with Crippen molar-refractivity contribution in [1.82, 2.24) is 20.8 Å². The van der Waals surface area contributed by atoms with Crippen molar-refractivity contribution in [1.29, 1.82) is 0 Å². The number of hydrogen-bond donors (Lipinski definition) is 3. The second-order valence-corrected chi connectivity index (χ2v) is 5.48. The van der Waals surface area contributed by atoms with Crippen LogP contribution >= 0.6 is 0 Å². The molecular formula is C13H21N7. The fourth-order valence-corrected chi connectivity index (χ4v) is 3.03. The first-order valence-electron chi connectivity index (χ1n) is 7.46. The zero-order chi connectivity index (χ0) is 13.4. The molecule has 0 amide bonds. The van der Waals surface area contributed by atoms with Gasteiger partial charge in [0.2, 0.25) is 5.95 Å². The summed E-state index contributed by atoms with van der Waals surface area (Å²) < 4.78 is 0. The lowest BCUT2D eigenvalue weighted by Crippen LogP contribution is -2.32. The SMILES string of the molecule is C1=CNN(c2[nH]c(N3CCCN3)nc2N2CCCC2)C1. The van der Waals surface area contributed by atoms with Crippen molar-refractivity contribution in [2.75, 3.05) is 47.6 Å². The Hall–Kier alpha value is -1.89. The summed E-state index contributed by atoms with van der Waals surface area (Å²) in [6.07, 6.45) is 7.77. The fourth-order valence-electron chi connectivity index (χ4n) is 3.03. The Morgan fingerprint density at radius 3 is 2.65 bits per heavy atom. The molecule has 0 atom stereocenters. The number of hydrogen-bond acceptors (Lipinski definition) is 6. The van der Waals surface area contributed by atoms with Crippen LogP contribution in [0, 0.1) is 0 Å². The van der Waals surface area contributed by atoms with Gasteiger partial charge in [-0.15, -0.1) is 0 Å². The highest BCUT2D eigenvalue weighted by molar-refractivity contribution is 5.67. The van der Waals surface area contributed by atoms with E-state index in [1.54, 1.807) is 0 Å². The zero-order valence-corrected chi connectivity index (χ0v) is 11.6. The molecule has 2 saturated heterocycles. The van der Waals surface area contributed by atoms with Crippen molar-refractivity contribution in [2.45, 2.75) is 19.3 Å². The van der Waals surface area contributed by atoms with Crippen molar-refractivity contribution in [3.63, 3.8) is 0 Å². The van der Waals surface area contributed by atoms with Crippen molar-refractivity contribution < 1.29 is 0 Å². The van der Waals surface area contributed by atoms with Gasteiger partial charge in [-0.2, -0.15) is 4.98 Å². The van der Waals surface area contributed by atoms with E-state index in [9.17, 15) is 0 Å². The summed E-state index contributed by atoms with van der Waals surface area (Å²) in [4.78, 5) is 10.7. The Kier molecular flexibility index (Phi) is 2.91. The van der Waals surface area contributed by atoms with Gasteiger partial charge in [0.15, 0.2) is 11.6 Å². The fraction of sp³-hybridized carbons (Fsp3) is 0.615. The molecule has 4 heterocycles. The van der Waals surface area contributed by atoms with Crippen LogP contribution in [0.25, 0.3) is 0 Å². The van der Waals surface area contributed by atoms with Crippen molar-refractivity contribution >= 4 is 17.6 Å². The number of anilines is 3. The van der Waals surface area contributed by atoms with Gasteiger partial charge in [-0.25, -0.2) is 5.43 Å². The molecule has 3 aliphatic rings. The maximum atomic E-state index is 4.84. The molecule has 2 fully saturated rings. The van der Waals surface area contributed by atoms with E-state index in [1.165, 1.54) is 19.3 Å². The minimum Gasteiger partial charge on any atom is -0.353 e. The highest BCUT2D eigenvalue weighted by atomic mass is 15.6. The lowest BCUT2D eigenvalue weighted by Gasteiger charge is -2.22. The molecule has 7 nitrogen and oxygen atoms in total. The van der Waals surface area contributed by atoms with Crippen LogP contribution in [0.1, 0.15) is 19.3 Å². The predicted molar refractivity (Wildman–Crippen MR) is 79.6 cm³/mol. The highest BCUT2D eigenvalue weighted by Gasteiger charge is 2.26. The average Bonchev–Trinajstić information content (AvgIpc) is 3.22. The van der Waals surface area contributed by atoms with E-state index in [0.717, 1.165) is 50.3 Å². The minimum absolute atomic E-state index is 0.871. The molecule has 108 valence electrons. The summed E-state index contributed by atoms with van der Waals surface area (Å²) in [6, 6.07) is 0. The zero-order valence-electron chi connectivity index (χ0n) is 11.6. The lowest BCUT2D eigenvalue weighted by molar-refractivity contribution is 0.759. The third-order valence-corrected chi connectivity index (χ3v) is 4.08. The molecule has 0 spiro atoms. The average molecular weight is 275 g/mol. The molecule has 20 heavy (non-hydrogen) atoms. The second kappa shape index (κ2) is 4.90. The van der Waals surface area contributed by atoms with Gasteiger partial charge in [0, 0.05) is 32.4 Å². The number of H-pyrrole nitrogens is 1. The molecule has 0 bridgehead atoms. The molecular weight excluding hydrogens is 254 g/mol. The molecule has 1 aromatic heterocycles. The Balaban J connectivity index is 1.66. The number of aromatic amines is 1. The monoisotopic (exact) mass is 275 g/mol. The largest absolute Gasteiger partial charge is 0.353 e. The topological polar surface area (TPSA) is 62.5 Å². The Morgan fingerprint density at radius 2 is 1.95 bits per heavy atom. The van der Waals surface area contributed by atoms with E-state index < -0.39 is 0 Å². The van der Waals surface area contributed by atoms with Gasteiger partial charge in [-0.05, 0) is 25.3 Å². The predicted octanol–water partition coefficient (Wildman–Crippen LogP) is 0.563. The molecule has 3 aliphatic heterocycles. The second-order valence-electron chi connectivity index (χ2n) is 5.48. The van der Waals surface area contributed by atoms with E-state index in [0.29, 0.717) is 0 Å². The normalized spacial score (nSPS) is 22.1. The Labute approximate surface area is 118 Å². The van der Waals surface area contributed by atoms with Crippen LogP contribution in [0.3, 0.4) is 0 Å². The van der Waals surface area contributed by atoms with Gasteiger partial charge in [-0.1, -0.05) is 0 Å². The summed E-state index contributed by atoms with van der Waals surface area (Å²) in [5, 5.41) is 4.23. The number of rotatable bonds is 3.